The van der Waals surface area contributed by atoms with E-state index in [-0.39, 0.29) is 32.2 Å². The van der Waals surface area contributed by atoms with Crippen molar-refractivity contribution in [3.05, 3.63) is 24.3 Å². The minimum atomic E-state index is -1.62. The number of aliphatic carboxylic acids is 1. The predicted molar refractivity (Wildman–Crippen MR) is 390 cm³/mol. The number of carboxylic acid groups (broad SMARTS) is 1. The number of hydrogen-bond donors (Lipinski definition) is 0. The van der Waals surface area contributed by atoms with Crippen molar-refractivity contribution in [2.75, 3.05) is 47.5 Å². The Labute approximate surface area is 567 Å². The van der Waals surface area contributed by atoms with Gasteiger partial charge in [0, 0.05) is 12.8 Å². The molecule has 0 saturated heterocycles. The van der Waals surface area contributed by atoms with Gasteiger partial charge in [0.15, 0.2) is 12.4 Å². The van der Waals surface area contributed by atoms with Gasteiger partial charge in [0.1, 0.15) is 13.2 Å². The lowest BCUT2D eigenvalue weighted by Crippen LogP contribution is -2.44. The van der Waals surface area contributed by atoms with Crippen LogP contribution in [0.1, 0.15) is 425 Å². The molecular weight excluding hydrogens is 1130 g/mol. The summed E-state index contributed by atoms with van der Waals surface area (Å²) < 4.78 is 22.9. The number of hydrogen-bond acceptors (Lipinski definition) is 8. The average Bonchev–Trinajstić information content (AvgIpc) is 3.46. The summed E-state index contributed by atoms with van der Waals surface area (Å²) in [6.07, 6.45) is 90.3. The molecule has 0 fully saturated rings. The molecular formula is C82H157NO8. The Bertz CT molecular complexity index is 1540. The van der Waals surface area contributed by atoms with Crippen LogP contribution in [0.4, 0.5) is 0 Å². The molecule has 9 heteroatoms. The van der Waals surface area contributed by atoms with E-state index in [0.717, 1.165) is 38.5 Å². The molecule has 0 aliphatic carbocycles. The molecule has 0 spiro atoms. The SMILES string of the molecule is CCCCCCCCCC/C=C\CCCCCCCCCCCCCCCCCCCCCCCCCC(=O)OC(COC(=O)CCCCCCCCCCCCCCCCCCCCC/C=C\CCCCCCCCCC)COC(OCC[N+](C)(C)C)C(=O)[O-]. The lowest BCUT2D eigenvalue weighted by molar-refractivity contribution is -0.870. The summed E-state index contributed by atoms with van der Waals surface area (Å²) in [7, 11) is 5.95. The Morgan fingerprint density at radius 2 is 0.560 bits per heavy atom. The van der Waals surface area contributed by atoms with Gasteiger partial charge in [-0.2, -0.15) is 0 Å². The molecule has 2 atom stereocenters. The monoisotopic (exact) mass is 1280 g/mol. The van der Waals surface area contributed by atoms with Gasteiger partial charge >= 0.3 is 11.9 Å². The fraction of sp³-hybridized carbons (Fsp3) is 0.915. The third kappa shape index (κ3) is 75.0. The first-order valence-corrected chi connectivity index (χ1v) is 40.5. The Morgan fingerprint density at radius 1 is 0.319 bits per heavy atom. The summed E-state index contributed by atoms with van der Waals surface area (Å²) in [6, 6.07) is 0. The minimum Gasteiger partial charge on any atom is -0.545 e. The van der Waals surface area contributed by atoms with Crippen LogP contribution in [0.25, 0.3) is 0 Å². The van der Waals surface area contributed by atoms with Gasteiger partial charge < -0.3 is 33.3 Å². The Hall–Kier alpha value is -2.23. The van der Waals surface area contributed by atoms with Crippen LogP contribution in [0.15, 0.2) is 24.3 Å². The molecule has 2 unspecified atom stereocenters. The summed E-state index contributed by atoms with van der Waals surface area (Å²) in [5.41, 5.74) is 0. The molecule has 9 nitrogen and oxygen atoms in total. The Balaban J connectivity index is 3.96. The first kappa shape index (κ1) is 88.8. The smallest absolute Gasteiger partial charge is 0.306 e. The van der Waals surface area contributed by atoms with Crippen LogP contribution in [0.2, 0.25) is 0 Å². The van der Waals surface area contributed by atoms with Crippen molar-refractivity contribution in [1.82, 2.24) is 0 Å². The van der Waals surface area contributed by atoms with Crippen molar-refractivity contribution in [1.29, 1.82) is 0 Å². The van der Waals surface area contributed by atoms with Gasteiger partial charge in [-0.05, 0) is 64.2 Å². The number of likely N-dealkylation sites (N-methyl/N-ethyl adjacent to an activating group) is 1. The molecule has 91 heavy (non-hydrogen) atoms. The highest BCUT2D eigenvalue weighted by Crippen LogP contribution is 2.20. The number of ether oxygens (including phenoxy) is 4. The van der Waals surface area contributed by atoms with Gasteiger partial charge in [-0.1, -0.05) is 372 Å². The van der Waals surface area contributed by atoms with Crippen LogP contribution in [-0.4, -0.2) is 82.3 Å². The van der Waals surface area contributed by atoms with Gasteiger partial charge in [0.2, 0.25) is 0 Å². The summed E-state index contributed by atoms with van der Waals surface area (Å²) in [6.45, 7) is 4.84. The maximum atomic E-state index is 13.0. The molecule has 0 aliphatic heterocycles. The van der Waals surface area contributed by atoms with Gasteiger partial charge in [-0.3, -0.25) is 9.59 Å². The highest BCUT2D eigenvalue weighted by atomic mass is 16.7. The second-order valence-electron chi connectivity index (χ2n) is 29.1. The van der Waals surface area contributed by atoms with E-state index in [1.54, 1.807) is 0 Å². The molecule has 0 radical (unpaired) electrons. The first-order chi connectivity index (χ1) is 44.6. The predicted octanol–water partition coefficient (Wildman–Crippen LogP) is 24.4. The van der Waals surface area contributed by atoms with E-state index in [0.29, 0.717) is 17.4 Å². The van der Waals surface area contributed by atoms with Crippen LogP contribution in [0.3, 0.4) is 0 Å². The van der Waals surface area contributed by atoms with Crippen LogP contribution >= 0.6 is 0 Å². The van der Waals surface area contributed by atoms with E-state index in [1.165, 1.54) is 360 Å². The Morgan fingerprint density at radius 3 is 0.813 bits per heavy atom. The second kappa shape index (κ2) is 73.6. The fourth-order valence-corrected chi connectivity index (χ4v) is 12.5. The molecule has 0 saturated carbocycles. The van der Waals surface area contributed by atoms with Crippen molar-refractivity contribution < 1.29 is 42.9 Å². The molecule has 0 aromatic carbocycles. The number of rotatable bonds is 77. The second-order valence-corrected chi connectivity index (χ2v) is 29.1. The van der Waals surface area contributed by atoms with Crippen molar-refractivity contribution in [2.45, 2.75) is 437 Å². The maximum Gasteiger partial charge on any atom is 0.306 e. The average molecular weight is 1290 g/mol. The summed E-state index contributed by atoms with van der Waals surface area (Å²) in [5.74, 6) is -2.25. The zero-order valence-electron chi connectivity index (χ0n) is 61.8. The highest BCUT2D eigenvalue weighted by molar-refractivity contribution is 5.70. The van der Waals surface area contributed by atoms with Crippen LogP contribution in [0.5, 0.6) is 0 Å². The fourth-order valence-electron chi connectivity index (χ4n) is 12.5. The number of carbonyl (C=O) groups is 3. The van der Waals surface area contributed by atoms with E-state index in [2.05, 4.69) is 38.2 Å². The van der Waals surface area contributed by atoms with Crippen LogP contribution in [-0.2, 0) is 33.3 Å². The van der Waals surface area contributed by atoms with Crippen molar-refractivity contribution >= 4 is 17.9 Å². The number of allylic oxidation sites excluding steroid dienone is 4. The summed E-state index contributed by atoms with van der Waals surface area (Å²) in [4.78, 5) is 37.6. The molecule has 0 amide bonds. The number of carbonyl (C=O) groups excluding carboxylic acids is 3. The molecule has 0 bridgehead atoms. The van der Waals surface area contributed by atoms with Gasteiger partial charge in [-0.15, -0.1) is 0 Å². The van der Waals surface area contributed by atoms with E-state index >= 15 is 0 Å². The largest absolute Gasteiger partial charge is 0.545 e. The van der Waals surface area contributed by atoms with Crippen molar-refractivity contribution in [2.24, 2.45) is 0 Å². The van der Waals surface area contributed by atoms with Gasteiger partial charge in [0.05, 0.1) is 40.3 Å². The standard InChI is InChI=1S/C82H157NO8/c1-6-8-10-12-14-16-18-20-22-24-26-28-30-32-34-36-38-39-40-41-43-45-47-49-51-53-55-57-59-61-63-65-67-69-71-73-80(85)91-78(77-90-82(81(86)87)88-75-74-83(3,4)5)76-89-79(84)72-70-68-66-64-62-60-58-56-54-52-50-48-46-44-42-37-35-33-31-29-27-25-23-21-19-17-15-13-11-9-7-2/h24-27,78,82H,6-23,28-77H2,1-5H3/b26-24-,27-25-. The molecule has 538 valence electrons. The number of quaternary nitrogens is 1. The minimum absolute atomic E-state index is 0.152. The van der Waals surface area contributed by atoms with Crippen molar-refractivity contribution in [3.8, 4) is 0 Å². The number of unbranched alkanes of at least 4 members (excludes halogenated alkanes) is 58. The molecule has 0 N–H and O–H groups in total. The van der Waals surface area contributed by atoms with E-state index in [9.17, 15) is 19.5 Å². The molecule has 0 aromatic heterocycles. The normalized spacial score (nSPS) is 12.7. The molecule has 0 aromatic rings. The lowest BCUT2D eigenvalue weighted by Gasteiger charge is -2.26. The van der Waals surface area contributed by atoms with E-state index in [1.807, 2.05) is 21.1 Å². The maximum absolute atomic E-state index is 13.0. The van der Waals surface area contributed by atoms with E-state index < -0.39 is 24.3 Å². The van der Waals surface area contributed by atoms with Crippen LogP contribution < -0.4 is 5.11 Å². The number of esters is 2. The summed E-state index contributed by atoms with van der Waals surface area (Å²) >= 11 is 0. The summed E-state index contributed by atoms with van der Waals surface area (Å²) in [5, 5.41) is 11.9. The molecule has 0 heterocycles. The molecule has 0 aliphatic rings. The third-order valence-corrected chi connectivity index (χ3v) is 18.7. The zero-order valence-corrected chi connectivity index (χ0v) is 61.8. The zero-order chi connectivity index (χ0) is 66.1. The Kier molecular flexibility index (Phi) is 71.8. The number of carboxylic acids is 1. The lowest BCUT2D eigenvalue weighted by atomic mass is 10.0. The van der Waals surface area contributed by atoms with Gasteiger partial charge in [-0.25, -0.2) is 0 Å². The van der Waals surface area contributed by atoms with E-state index in [4.69, 9.17) is 18.9 Å². The number of nitrogens with zero attached hydrogens (tertiary/aromatic N) is 1. The van der Waals surface area contributed by atoms with Crippen LogP contribution in [0, 0.1) is 0 Å². The highest BCUT2D eigenvalue weighted by Gasteiger charge is 2.22. The van der Waals surface area contributed by atoms with Crippen molar-refractivity contribution in [3.63, 3.8) is 0 Å². The quantitative estimate of drug-likeness (QED) is 0.0195. The topological polar surface area (TPSA) is 111 Å². The third-order valence-electron chi connectivity index (χ3n) is 18.7. The molecule has 0 rings (SSSR count). The first-order valence-electron chi connectivity index (χ1n) is 40.5. The van der Waals surface area contributed by atoms with Gasteiger partial charge in [0.25, 0.3) is 0 Å².